The van der Waals surface area contributed by atoms with E-state index in [9.17, 15) is 14.7 Å². The fourth-order valence-electron chi connectivity index (χ4n) is 4.46. The number of likely N-dealkylation sites (tertiary alicyclic amines) is 1. The van der Waals surface area contributed by atoms with Gasteiger partial charge in [-0.2, -0.15) is 0 Å². The van der Waals surface area contributed by atoms with Gasteiger partial charge in [0.2, 0.25) is 0 Å². The Hall–Kier alpha value is -2.15. The molecule has 1 amide bonds. The summed E-state index contributed by atoms with van der Waals surface area (Å²) in [5, 5.41) is 11.6. The maximum atomic E-state index is 13.2. The van der Waals surface area contributed by atoms with E-state index < -0.39 is 17.7 Å². The monoisotopic (exact) mass is 560 g/mol. The zero-order valence-electron chi connectivity index (χ0n) is 20.5. The molecule has 5 nitrogen and oxygen atoms in total. The lowest BCUT2D eigenvalue weighted by Crippen LogP contribution is -2.34. The second kappa shape index (κ2) is 13.2. The van der Waals surface area contributed by atoms with Gasteiger partial charge in [0, 0.05) is 21.6 Å². The third-order valence-corrected chi connectivity index (χ3v) is 7.26. The Morgan fingerprint density at radius 1 is 0.971 bits per heavy atom. The molecular formula is C28H34BrClN2O3. The molecule has 0 bridgehead atoms. The summed E-state index contributed by atoms with van der Waals surface area (Å²) in [5.41, 5.74) is 1.20. The van der Waals surface area contributed by atoms with Crippen LogP contribution in [0.1, 0.15) is 63.1 Å². The van der Waals surface area contributed by atoms with Gasteiger partial charge >= 0.3 is 0 Å². The van der Waals surface area contributed by atoms with E-state index in [2.05, 4.69) is 34.7 Å². The maximum absolute atomic E-state index is 13.2. The third-order valence-electron chi connectivity index (χ3n) is 6.39. The minimum absolute atomic E-state index is 0.0826. The van der Waals surface area contributed by atoms with Crippen LogP contribution in [0.25, 0.3) is 5.76 Å². The molecule has 2 aromatic rings. The lowest BCUT2D eigenvalue weighted by Gasteiger charge is -2.28. The summed E-state index contributed by atoms with van der Waals surface area (Å²) >= 11 is 9.92. The summed E-state index contributed by atoms with van der Waals surface area (Å²) in [6, 6.07) is 13.5. The topological polar surface area (TPSA) is 60.9 Å². The molecule has 188 valence electrons. The quantitative estimate of drug-likeness (QED) is 0.176. The highest BCUT2D eigenvalue weighted by Gasteiger charge is 2.46. The molecule has 1 atom stereocenters. The van der Waals surface area contributed by atoms with Gasteiger partial charge in [-0.1, -0.05) is 84.6 Å². The molecule has 3 rings (SSSR count). The van der Waals surface area contributed by atoms with Gasteiger partial charge in [-0.05, 0) is 62.7 Å². The van der Waals surface area contributed by atoms with Crippen molar-refractivity contribution in [3.63, 3.8) is 0 Å². The molecule has 1 heterocycles. The van der Waals surface area contributed by atoms with Gasteiger partial charge in [0.1, 0.15) is 5.76 Å². The van der Waals surface area contributed by atoms with E-state index >= 15 is 0 Å². The largest absolute Gasteiger partial charge is 0.507 e. The lowest BCUT2D eigenvalue weighted by molar-refractivity contribution is -0.140. The predicted molar refractivity (Wildman–Crippen MR) is 145 cm³/mol. The second-order valence-electron chi connectivity index (χ2n) is 8.92. The van der Waals surface area contributed by atoms with Crippen molar-refractivity contribution in [1.82, 2.24) is 9.80 Å². The van der Waals surface area contributed by atoms with Crippen LogP contribution in [0.4, 0.5) is 0 Å². The van der Waals surface area contributed by atoms with Gasteiger partial charge in [0.15, 0.2) is 0 Å². The number of unbranched alkanes of at least 4 members (excludes halogenated alkanes) is 2. The van der Waals surface area contributed by atoms with Gasteiger partial charge in [0.05, 0.1) is 11.6 Å². The Kier molecular flexibility index (Phi) is 10.4. The standard InChI is InChI=1S/C28H34BrClN2O3/c1-3-5-16-31(17-6-4-2)18-9-19-32-25(22-10-7-8-11-23(22)30)24(27(34)28(32)35)26(33)20-12-14-21(29)15-13-20/h7-8,10-15,25,33H,3-6,9,16-19H2,1-2H3/t25-/m1/s1. The molecule has 1 fully saturated rings. The zero-order valence-corrected chi connectivity index (χ0v) is 22.8. The molecule has 1 saturated heterocycles. The number of aliphatic hydroxyl groups excluding tert-OH is 1. The Morgan fingerprint density at radius 2 is 1.57 bits per heavy atom. The minimum atomic E-state index is -0.730. The zero-order chi connectivity index (χ0) is 25.4. The second-order valence-corrected chi connectivity index (χ2v) is 10.2. The third kappa shape index (κ3) is 6.75. The van der Waals surface area contributed by atoms with Crippen LogP contribution in [-0.2, 0) is 9.59 Å². The number of hydrogen-bond acceptors (Lipinski definition) is 4. The summed E-state index contributed by atoms with van der Waals surface area (Å²) in [4.78, 5) is 30.4. The van der Waals surface area contributed by atoms with Crippen molar-refractivity contribution in [2.75, 3.05) is 26.2 Å². The molecule has 1 N–H and O–H groups in total. The maximum Gasteiger partial charge on any atom is 0.295 e. The fraction of sp³-hybridized carbons (Fsp3) is 0.429. The van der Waals surface area contributed by atoms with Crippen LogP contribution >= 0.6 is 27.5 Å². The van der Waals surface area contributed by atoms with Crippen LogP contribution < -0.4 is 0 Å². The van der Waals surface area contributed by atoms with Crippen LogP contribution in [0, 0.1) is 0 Å². The molecule has 0 unspecified atom stereocenters. The Morgan fingerprint density at radius 3 is 2.17 bits per heavy atom. The first-order valence-electron chi connectivity index (χ1n) is 12.4. The van der Waals surface area contributed by atoms with Gasteiger partial charge in [-0.3, -0.25) is 9.59 Å². The van der Waals surface area contributed by atoms with E-state index in [4.69, 9.17) is 11.6 Å². The van der Waals surface area contributed by atoms with Crippen LogP contribution in [0.5, 0.6) is 0 Å². The fourth-order valence-corrected chi connectivity index (χ4v) is 4.96. The molecule has 0 aromatic heterocycles. The highest BCUT2D eigenvalue weighted by atomic mass is 79.9. The van der Waals surface area contributed by atoms with Crippen LogP contribution in [0.3, 0.4) is 0 Å². The van der Waals surface area contributed by atoms with E-state index in [-0.39, 0.29) is 11.3 Å². The van der Waals surface area contributed by atoms with Crippen molar-refractivity contribution in [2.45, 2.75) is 52.0 Å². The lowest BCUT2D eigenvalue weighted by atomic mass is 9.95. The van der Waals surface area contributed by atoms with E-state index in [0.29, 0.717) is 22.7 Å². The highest BCUT2D eigenvalue weighted by molar-refractivity contribution is 9.10. The molecule has 35 heavy (non-hydrogen) atoms. The molecule has 1 aliphatic heterocycles. The number of carbonyl (C=O) groups is 2. The van der Waals surface area contributed by atoms with Crippen LogP contribution in [0.15, 0.2) is 58.6 Å². The molecule has 0 spiro atoms. The summed E-state index contributed by atoms with van der Waals surface area (Å²) in [6.45, 7) is 7.70. The smallest absolute Gasteiger partial charge is 0.295 e. The van der Waals surface area contributed by atoms with Crippen molar-refractivity contribution in [1.29, 1.82) is 0 Å². The van der Waals surface area contributed by atoms with Crippen LogP contribution in [0.2, 0.25) is 5.02 Å². The highest BCUT2D eigenvalue weighted by Crippen LogP contribution is 2.41. The first-order chi connectivity index (χ1) is 16.9. The molecule has 2 aromatic carbocycles. The average molecular weight is 562 g/mol. The van der Waals surface area contributed by atoms with Crippen molar-refractivity contribution in [2.24, 2.45) is 0 Å². The number of amides is 1. The summed E-state index contributed by atoms with van der Waals surface area (Å²) in [7, 11) is 0. The molecule has 0 radical (unpaired) electrons. The first kappa shape index (κ1) is 27.4. The summed E-state index contributed by atoms with van der Waals surface area (Å²) < 4.78 is 0.854. The number of aliphatic hydroxyl groups is 1. The van der Waals surface area contributed by atoms with E-state index in [1.54, 1.807) is 35.2 Å². The minimum Gasteiger partial charge on any atom is -0.507 e. The summed E-state index contributed by atoms with van der Waals surface area (Å²) in [5.74, 6) is -1.46. The SMILES string of the molecule is CCCCN(CCCC)CCCN1C(=O)C(=O)C(=C(O)c2ccc(Br)cc2)[C@H]1c1ccccc1Cl. The van der Waals surface area contributed by atoms with Gasteiger partial charge in [-0.15, -0.1) is 0 Å². The molecular weight excluding hydrogens is 528 g/mol. The average Bonchev–Trinajstić information content (AvgIpc) is 3.10. The van der Waals surface area contributed by atoms with Gasteiger partial charge in [-0.25, -0.2) is 0 Å². The number of rotatable bonds is 12. The number of halogens is 2. The number of ketones is 1. The Balaban J connectivity index is 1.92. The Labute approximate surface area is 221 Å². The number of benzene rings is 2. The van der Waals surface area contributed by atoms with E-state index in [1.807, 2.05) is 18.2 Å². The van der Waals surface area contributed by atoms with E-state index in [1.165, 1.54) is 0 Å². The van der Waals surface area contributed by atoms with Crippen molar-refractivity contribution in [3.05, 3.63) is 74.7 Å². The Bertz CT molecular complexity index is 1050. The van der Waals surface area contributed by atoms with Crippen molar-refractivity contribution >= 4 is 45.0 Å². The molecule has 7 heteroatoms. The molecule has 0 aliphatic carbocycles. The van der Waals surface area contributed by atoms with Crippen LogP contribution in [-0.4, -0.2) is 52.8 Å². The van der Waals surface area contributed by atoms with Crippen molar-refractivity contribution < 1.29 is 14.7 Å². The number of nitrogens with zero attached hydrogens (tertiary/aromatic N) is 2. The number of Topliss-reactive ketones (excluding diaryl/α,β-unsaturated/α-hetero) is 1. The normalized spacial score (nSPS) is 17.5. The first-order valence-corrected chi connectivity index (χ1v) is 13.6. The molecule has 0 saturated carbocycles. The van der Waals surface area contributed by atoms with E-state index in [0.717, 1.165) is 56.2 Å². The van der Waals surface area contributed by atoms with Crippen molar-refractivity contribution in [3.8, 4) is 0 Å². The van der Waals surface area contributed by atoms with Gasteiger partial charge in [0.25, 0.3) is 11.7 Å². The summed E-state index contributed by atoms with van der Waals surface area (Å²) in [6.07, 6.45) is 5.29. The number of carbonyl (C=O) groups excluding carboxylic acids is 2. The van der Waals surface area contributed by atoms with Gasteiger partial charge < -0.3 is 14.9 Å². The predicted octanol–water partition coefficient (Wildman–Crippen LogP) is 6.82. The molecule has 1 aliphatic rings. The number of hydrogen-bond donors (Lipinski definition) is 1.